The van der Waals surface area contributed by atoms with Crippen LogP contribution in [0.15, 0.2) is 78.9 Å². The number of ether oxygens (including phenoxy) is 1. The minimum absolute atomic E-state index is 0.0211. The van der Waals surface area contributed by atoms with Gasteiger partial charge < -0.3 is 14.7 Å². The number of rotatable bonds is 8. The first-order valence-corrected chi connectivity index (χ1v) is 10.8. The highest BCUT2D eigenvalue weighted by molar-refractivity contribution is 6.00. The van der Waals surface area contributed by atoms with Crippen molar-refractivity contribution in [3.63, 3.8) is 0 Å². The summed E-state index contributed by atoms with van der Waals surface area (Å²) in [5, 5.41) is 8.94. The summed E-state index contributed by atoms with van der Waals surface area (Å²) in [6.07, 6.45) is 2.11. The van der Waals surface area contributed by atoms with E-state index in [1.54, 1.807) is 4.90 Å². The molecule has 0 saturated carbocycles. The molecule has 0 atom stereocenters. The van der Waals surface area contributed by atoms with Crippen molar-refractivity contribution >= 4 is 28.9 Å². The fourth-order valence-corrected chi connectivity index (χ4v) is 4.11. The molecule has 32 heavy (non-hydrogen) atoms. The third kappa shape index (κ3) is 4.91. The number of fused-ring (bicyclic) bond motifs is 1. The Balaban J connectivity index is 1.51. The van der Waals surface area contributed by atoms with Gasteiger partial charge in [-0.15, -0.1) is 0 Å². The molecule has 6 nitrogen and oxygen atoms in total. The molecule has 1 N–H and O–H groups in total. The van der Waals surface area contributed by atoms with Gasteiger partial charge >= 0.3 is 5.97 Å². The largest absolute Gasteiger partial charge is 0.482 e. The number of hydrogen-bond acceptors (Lipinski definition) is 4. The predicted octanol–water partition coefficient (Wildman–Crippen LogP) is 4.66. The maximum Gasteiger partial charge on any atom is 0.341 e. The fourth-order valence-electron chi connectivity index (χ4n) is 4.11. The summed E-state index contributed by atoms with van der Waals surface area (Å²) in [5.74, 6) is -0.369. The van der Waals surface area contributed by atoms with Gasteiger partial charge in [0.15, 0.2) is 6.61 Å². The summed E-state index contributed by atoms with van der Waals surface area (Å²) in [4.78, 5) is 28.2. The topological polar surface area (TPSA) is 70.1 Å². The third-order valence-corrected chi connectivity index (χ3v) is 5.53. The monoisotopic (exact) mass is 430 g/mol. The number of carboxylic acids is 1. The summed E-state index contributed by atoms with van der Waals surface area (Å²) >= 11 is 0. The molecule has 3 aromatic rings. The fraction of sp³-hybridized carbons (Fsp3) is 0.231. The lowest BCUT2D eigenvalue weighted by molar-refractivity contribution is -0.139. The Bertz CT molecular complexity index is 1030. The molecule has 0 fully saturated rings. The number of carboxylic acid groups (broad SMARTS) is 1. The molecule has 0 unspecified atom stereocenters. The molecule has 0 aliphatic carbocycles. The molecule has 0 saturated heterocycles. The summed E-state index contributed by atoms with van der Waals surface area (Å²) in [6, 6.07) is 25.0. The van der Waals surface area contributed by atoms with Gasteiger partial charge in [-0.2, -0.15) is 0 Å². The number of benzene rings is 3. The second kappa shape index (κ2) is 10.0. The van der Waals surface area contributed by atoms with Crippen LogP contribution < -0.4 is 14.5 Å². The van der Waals surface area contributed by atoms with Crippen molar-refractivity contribution in [1.29, 1.82) is 0 Å². The van der Waals surface area contributed by atoms with E-state index in [-0.39, 0.29) is 12.5 Å². The highest BCUT2D eigenvalue weighted by atomic mass is 16.5. The normalized spacial score (nSPS) is 12.7. The van der Waals surface area contributed by atoms with Crippen molar-refractivity contribution in [1.82, 2.24) is 0 Å². The molecule has 1 amide bonds. The minimum atomic E-state index is -0.997. The van der Waals surface area contributed by atoms with E-state index in [4.69, 9.17) is 9.84 Å². The second-order valence-corrected chi connectivity index (χ2v) is 7.68. The molecule has 1 heterocycles. The number of carbonyl (C=O) groups is 2. The van der Waals surface area contributed by atoms with Crippen molar-refractivity contribution < 1.29 is 19.4 Å². The Morgan fingerprint density at radius 2 is 1.56 bits per heavy atom. The van der Waals surface area contributed by atoms with E-state index in [2.05, 4.69) is 4.90 Å². The quantitative estimate of drug-likeness (QED) is 0.563. The molecule has 164 valence electrons. The van der Waals surface area contributed by atoms with Crippen LogP contribution in [0.3, 0.4) is 0 Å². The zero-order valence-electron chi connectivity index (χ0n) is 17.8. The predicted molar refractivity (Wildman–Crippen MR) is 125 cm³/mol. The van der Waals surface area contributed by atoms with Crippen LogP contribution in [0.2, 0.25) is 0 Å². The molecule has 6 heteroatoms. The lowest BCUT2D eigenvalue weighted by Gasteiger charge is -2.33. The Labute approximate surface area is 187 Å². The zero-order valence-corrected chi connectivity index (χ0v) is 17.8. The number of amides is 1. The number of aliphatic carboxylic acids is 1. The van der Waals surface area contributed by atoms with Gasteiger partial charge in [0.1, 0.15) is 5.75 Å². The van der Waals surface area contributed by atoms with Crippen LogP contribution in [0, 0.1) is 0 Å². The number of carbonyl (C=O) groups excluding carboxylic acids is 1. The van der Waals surface area contributed by atoms with Crippen LogP contribution in [0.5, 0.6) is 5.75 Å². The average molecular weight is 431 g/mol. The van der Waals surface area contributed by atoms with Gasteiger partial charge in [0.05, 0.1) is 0 Å². The van der Waals surface area contributed by atoms with Crippen LogP contribution in [-0.2, 0) is 16.0 Å². The summed E-state index contributed by atoms with van der Waals surface area (Å²) in [6.45, 7) is 1.06. The molecule has 4 rings (SSSR count). The maximum absolute atomic E-state index is 13.4. The summed E-state index contributed by atoms with van der Waals surface area (Å²) in [5.41, 5.74) is 3.70. The molecule has 0 spiro atoms. The van der Waals surface area contributed by atoms with Crippen molar-refractivity contribution in [2.75, 3.05) is 29.5 Å². The number of nitrogens with zero attached hydrogens (tertiary/aromatic N) is 2. The molecule has 1 aliphatic rings. The molecule has 3 aromatic carbocycles. The molecule has 0 radical (unpaired) electrons. The molecular weight excluding hydrogens is 404 g/mol. The van der Waals surface area contributed by atoms with E-state index < -0.39 is 5.97 Å². The average Bonchev–Trinajstić information content (AvgIpc) is 2.83. The molecule has 1 aliphatic heterocycles. The van der Waals surface area contributed by atoms with Gasteiger partial charge in [-0.25, -0.2) is 4.79 Å². The van der Waals surface area contributed by atoms with Crippen LogP contribution in [0.4, 0.5) is 17.1 Å². The zero-order chi connectivity index (χ0) is 22.3. The van der Waals surface area contributed by atoms with Gasteiger partial charge in [-0.1, -0.05) is 42.5 Å². The van der Waals surface area contributed by atoms with Gasteiger partial charge in [-0.3, -0.25) is 9.69 Å². The Hall–Kier alpha value is -3.80. The van der Waals surface area contributed by atoms with Crippen molar-refractivity contribution in [2.24, 2.45) is 0 Å². The lowest BCUT2D eigenvalue weighted by Crippen LogP contribution is -2.35. The highest BCUT2D eigenvalue weighted by Gasteiger charge is 2.23. The summed E-state index contributed by atoms with van der Waals surface area (Å²) < 4.78 is 5.49. The van der Waals surface area contributed by atoms with Crippen molar-refractivity contribution in [3.8, 4) is 5.75 Å². The van der Waals surface area contributed by atoms with E-state index in [9.17, 15) is 9.59 Å². The van der Waals surface area contributed by atoms with Gasteiger partial charge in [0.25, 0.3) is 0 Å². The second-order valence-electron chi connectivity index (χ2n) is 7.68. The smallest absolute Gasteiger partial charge is 0.341 e. The Morgan fingerprint density at radius 3 is 2.19 bits per heavy atom. The maximum atomic E-state index is 13.4. The number of para-hydroxylation sites is 2. The molecule has 0 bridgehead atoms. The van der Waals surface area contributed by atoms with Gasteiger partial charge in [0.2, 0.25) is 5.91 Å². The lowest BCUT2D eigenvalue weighted by atomic mass is 10.0. The Kier molecular flexibility index (Phi) is 6.70. The first-order valence-electron chi connectivity index (χ1n) is 10.8. The first-order chi connectivity index (χ1) is 15.6. The molecular formula is C26H26N2O4. The van der Waals surface area contributed by atoms with E-state index in [0.717, 1.165) is 42.0 Å². The third-order valence-electron chi connectivity index (χ3n) is 5.53. The van der Waals surface area contributed by atoms with Crippen molar-refractivity contribution in [3.05, 3.63) is 84.4 Å². The number of anilines is 3. The Morgan fingerprint density at radius 1 is 0.906 bits per heavy atom. The first kappa shape index (κ1) is 21.4. The molecule has 0 aromatic heterocycles. The van der Waals surface area contributed by atoms with E-state index in [1.807, 2.05) is 78.9 Å². The van der Waals surface area contributed by atoms with E-state index in [0.29, 0.717) is 18.7 Å². The van der Waals surface area contributed by atoms with Gasteiger partial charge in [-0.05, 0) is 49.2 Å². The summed E-state index contributed by atoms with van der Waals surface area (Å²) in [7, 11) is 0. The standard InChI is InChI=1S/C26H26N2O4/c29-25(28(20-9-3-1-4-10-20)21-11-5-2-6-12-21)16-18-27-17-8-13-22-23(27)14-7-15-24(22)32-19-26(30)31/h1-7,9-12,14-15H,8,13,16-19H2,(H,30,31). The van der Waals surface area contributed by atoms with Gasteiger partial charge in [0, 0.05) is 42.1 Å². The van der Waals surface area contributed by atoms with E-state index >= 15 is 0 Å². The number of hydrogen-bond donors (Lipinski definition) is 1. The SMILES string of the molecule is O=C(O)COc1cccc2c1CCCN2CCC(=O)N(c1ccccc1)c1ccccc1. The van der Waals surface area contributed by atoms with Crippen LogP contribution >= 0.6 is 0 Å². The van der Waals surface area contributed by atoms with Crippen LogP contribution in [0.1, 0.15) is 18.4 Å². The van der Waals surface area contributed by atoms with Crippen LogP contribution in [0.25, 0.3) is 0 Å². The van der Waals surface area contributed by atoms with Crippen LogP contribution in [-0.4, -0.2) is 36.7 Å². The minimum Gasteiger partial charge on any atom is -0.482 e. The highest BCUT2D eigenvalue weighted by Crippen LogP contribution is 2.34. The van der Waals surface area contributed by atoms with E-state index in [1.165, 1.54) is 0 Å². The van der Waals surface area contributed by atoms with Crippen molar-refractivity contribution in [2.45, 2.75) is 19.3 Å².